The first kappa shape index (κ1) is 16.5. The Morgan fingerprint density at radius 2 is 1.68 bits per heavy atom. The molecule has 0 unspecified atom stereocenters. The maximum Gasteiger partial charge on any atom is 0.236 e. The third kappa shape index (κ3) is 4.82. The van der Waals surface area contributed by atoms with Gasteiger partial charge in [-0.15, -0.1) is 0 Å². The van der Waals surface area contributed by atoms with Gasteiger partial charge < -0.3 is 9.47 Å². The van der Waals surface area contributed by atoms with Crippen LogP contribution in [0.1, 0.15) is 0 Å². The molecular formula is C15H16ClNO4S. The minimum Gasteiger partial charge on any atom is -0.497 e. The van der Waals surface area contributed by atoms with Gasteiger partial charge in [-0.1, -0.05) is 23.7 Å². The number of sulfonamides is 1. The van der Waals surface area contributed by atoms with Gasteiger partial charge in [0.05, 0.1) is 17.8 Å². The second-order valence-electron chi connectivity index (χ2n) is 4.42. The molecule has 0 saturated carbocycles. The molecule has 0 atom stereocenters. The lowest BCUT2D eigenvalue weighted by Gasteiger charge is -2.10. The average Bonchev–Trinajstić information content (AvgIpc) is 2.50. The topological polar surface area (TPSA) is 64.6 Å². The van der Waals surface area contributed by atoms with Crippen molar-refractivity contribution < 1.29 is 17.9 Å². The Kier molecular flexibility index (Phi) is 5.51. The van der Waals surface area contributed by atoms with Gasteiger partial charge in [0.2, 0.25) is 10.0 Å². The molecule has 0 aromatic heterocycles. The van der Waals surface area contributed by atoms with Gasteiger partial charge in [0.1, 0.15) is 23.9 Å². The minimum absolute atomic E-state index is 0.0338. The minimum atomic E-state index is -3.52. The highest BCUT2D eigenvalue weighted by molar-refractivity contribution is 7.92. The molecule has 0 spiro atoms. The zero-order valence-electron chi connectivity index (χ0n) is 12.0. The van der Waals surface area contributed by atoms with Crippen LogP contribution in [0.15, 0.2) is 48.5 Å². The maximum atomic E-state index is 12.0. The van der Waals surface area contributed by atoms with Gasteiger partial charge >= 0.3 is 0 Å². The molecule has 0 radical (unpaired) electrons. The van der Waals surface area contributed by atoms with Gasteiger partial charge in [-0.3, -0.25) is 4.72 Å². The monoisotopic (exact) mass is 341 g/mol. The van der Waals surface area contributed by atoms with Crippen molar-refractivity contribution in [1.29, 1.82) is 0 Å². The Hall–Kier alpha value is -1.92. The first-order chi connectivity index (χ1) is 10.5. The van der Waals surface area contributed by atoms with Gasteiger partial charge in [-0.2, -0.15) is 0 Å². The molecule has 22 heavy (non-hydrogen) atoms. The molecule has 0 amide bonds. The van der Waals surface area contributed by atoms with E-state index in [4.69, 9.17) is 21.1 Å². The Morgan fingerprint density at radius 1 is 1.05 bits per heavy atom. The Balaban J connectivity index is 1.88. The van der Waals surface area contributed by atoms with E-state index >= 15 is 0 Å². The molecule has 0 aliphatic carbocycles. The summed E-state index contributed by atoms with van der Waals surface area (Å²) in [5.74, 6) is 1.11. The van der Waals surface area contributed by atoms with Crippen molar-refractivity contribution in [1.82, 2.24) is 0 Å². The summed E-state index contributed by atoms with van der Waals surface area (Å²) in [6.07, 6.45) is 0. The van der Waals surface area contributed by atoms with E-state index in [0.29, 0.717) is 22.2 Å². The number of anilines is 1. The number of benzene rings is 2. The number of hydrogen-bond acceptors (Lipinski definition) is 4. The van der Waals surface area contributed by atoms with E-state index < -0.39 is 10.0 Å². The first-order valence-corrected chi connectivity index (χ1v) is 8.55. The quantitative estimate of drug-likeness (QED) is 0.840. The molecule has 0 bridgehead atoms. The lowest BCUT2D eigenvalue weighted by molar-refractivity contribution is 0.340. The predicted molar refractivity (Wildman–Crippen MR) is 87.4 cm³/mol. The van der Waals surface area contributed by atoms with Crippen molar-refractivity contribution in [3.8, 4) is 11.5 Å². The summed E-state index contributed by atoms with van der Waals surface area (Å²) in [6, 6.07) is 13.6. The summed E-state index contributed by atoms with van der Waals surface area (Å²) in [7, 11) is -1.95. The largest absolute Gasteiger partial charge is 0.497 e. The maximum absolute atomic E-state index is 12.0. The smallest absolute Gasteiger partial charge is 0.236 e. The van der Waals surface area contributed by atoms with Gasteiger partial charge in [-0.05, 0) is 36.4 Å². The van der Waals surface area contributed by atoms with Crippen molar-refractivity contribution in [2.24, 2.45) is 0 Å². The molecule has 2 aromatic carbocycles. The normalized spacial score (nSPS) is 11.0. The van der Waals surface area contributed by atoms with E-state index in [0.717, 1.165) is 0 Å². The second-order valence-corrected chi connectivity index (χ2v) is 6.67. The fraction of sp³-hybridized carbons (Fsp3) is 0.200. The van der Waals surface area contributed by atoms with Crippen molar-refractivity contribution in [3.05, 3.63) is 53.6 Å². The molecule has 2 rings (SSSR count). The van der Waals surface area contributed by atoms with Crippen molar-refractivity contribution in [2.75, 3.05) is 24.2 Å². The van der Waals surface area contributed by atoms with Crippen molar-refractivity contribution in [3.63, 3.8) is 0 Å². The molecule has 0 aliphatic heterocycles. The van der Waals surface area contributed by atoms with Crippen LogP contribution < -0.4 is 14.2 Å². The van der Waals surface area contributed by atoms with Crippen LogP contribution in [0, 0.1) is 0 Å². The summed E-state index contributed by atoms with van der Waals surface area (Å²) in [5, 5.41) is 0.349. The summed E-state index contributed by atoms with van der Waals surface area (Å²) < 4.78 is 36.8. The van der Waals surface area contributed by atoms with Crippen LogP contribution in [0.25, 0.3) is 0 Å². The van der Waals surface area contributed by atoms with E-state index in [1.54, 1.807) is 55.6 Å². The molecular weight excluding hydrogens is 326 g/mol. The van der Waals surface area contributed by atoms with Gasteiger partial charge in [0.25, 0.3) is 0 Å². The molecule has 1 N–H and O–H groups in total. The lowest BCUT2D eigenvalue weighted by atomic mass is 10.3. The van der Waals surface area contributed by atoms with Crippen LogP contribution in [0.3, 0.4) is 0 Å². The number of hydrogen-bond donors (Lipinski definition) is 1. The molecule has 5 nitrogen and oxygen atoms in total. The molecule has 0 aliphatic rings. The highest BCUT2D eigenvalue weighted by Crippen LogP contribution is 2.22. The molecule has 2 aromatic rings. The molecule has 7 heteroatoms. The number of methoxy groups -OCH3 is 1. The predicted octanol–water partition coefficient (Wildman–Crippen LogP) is 3.17. The van der Waals surface area contributed by atoms with Crippen LogP contribution in [0.4, 0.5) is 5.69 Å². The fourth-order valence-corrected chi connectivity index (χ4v) is 2.86. The molecule has 118 valence electrons. The van der Waals surface area contributed by atoms with Crippen LogP contribution in [0.2, 0.25) is 5.02 Å². The summed E-state index contributed by atoms with van der Waals surface area (Å²) in [5.41, 5.74) is 0.355. The van der Waals surface area contributed by atoms with Crippen molar-refractivity contribution >= 4 is 27.3 Å². The summed E-state index contributed by atoms with van der Waals surface area (Å²) in [4.78, 5) is 0. The highest BCUT2D eigenvalue weighted by atomic mass is 35.5. The highest BCUT2D eigenvalue weighted by Gasteiger charge is 2.12. The summed E-state index contributed by atoms with van der Waals surface area (Å²) >= 11 is 5.92. The third-order valence-electron chi connectivity index (χ3n) is 2.82. The summed E-state index contributed by atoms with van der Waals surface area (Å²) in [6.45, 7) is 0.0338. The van der Waals surface area contributed by atoms with E-state index in [9.17, 15) is 8.42 Å². The zero-order valence-corrected chi connectivity index (χ0v) is 13.5. The van der Waals surface area contributed by atoms with Gasteiger partial charge in [-0.25, -0.2) is 8.42 Å². The lowest BCUT2D eigenvalue weighted by Crippen LogP contribution is -2.21. The molecule has 0 fully saturated rings. The Bertz CT molecular complexity index is 717. The van der Waals surface area contributed by atoms with E-state index in [-0.39, 0.29) is 12.4 Å². The zero-order chi connectivity index (χ0) is 16.0. The average molecular weight is 342 g/mol. The van der Waals surface area contributed by atoms with Gasteiger partial charge in [0, 0.05) is 0 Å². The SMILES string of the molecule is COc1ccc(OCCS(=O)(=O)Nc2ccccc2Cl)cc1. The van der Waals surface area contributed by atoms with Gasteiger partial charge in [0.15, 0.2) is 0 Å². The number of para-hydroxylation sites is 1. The number of ether oxygens (including phenoxy) is 2. The van der Waals surface area contributed by atoms with Crippen LogP contribution >= 0.6 is 11.6 Å². The molecule has 0 heterocycles. The van der Waals surface area contributed by atoms with E-state index in [1.165, 1.54) is 0 Å². The standard InChI is InChI=1S/C15H16ClNO4S/c1-20-12-6-8-13(9-7-12)21-10-11-22(18,19)17-15-5-3-2-4-14(15)16/h2-9,17H,10-11H2,1H3. The van der Waals surface area contributed by atoms with E-state index in [1.807, 2.05) is 0 Å². The van der Waals surface area contributed by atoms with Crippen LogP contribution in [-0.4, -0.2) is 27.9 Å². The Labute approximate surface area is 134 Å². The van der Waals surface area contributed by atoms with Crippen molar-refractivity contribution in [2.45, 2.75) is 0 Å². The van der Waals surface area contributed by atoms with Crippen LogP contribution in [-0.2, 0) is 10.0 Å². The fourth-order valence-electron chi connectivity index (χ4n) is 1.70. The second kappa shape index (κ2) is 7.38. The first-order valence-electron chi connectivity index (χ1n) is 6.52. The van der Waals surface area contributed by atoms with E-state index in [2.05, 4.69) is 4.72 Å². The Morgan fingerprint density at radius 3 is 2.32 bits per heavy atom. The third-order valence-corrected chi connectivity index (χ3v) is 4.38. The number of halogens is 1. The number of nitrogens with one attached hydrogen (secondary N) is 1. The molecule has 0 saturated heterocycles. The number of rotatable bonds is 7. The van der Waals surface area contributed by atoms with Crippen LogP contribution in [0.5, 0.6) is 11.5 Å².